The fraction of sp³-hybridized carbons (Fsp3) is 0.154. The average molecular weight is 490 g/mol. The number of fused-ring (bicyclic) bond motifs is 1. The molecule has 0 aliphatic carbocycles. The number of aliphatic carboxylic acids is 1. The maximum atomic E-state index is 12.3. The van der Waals surface area contributed by atoms with E-state index < -0.39 is 24.3 Å². The molecule has 0 saturated carbocycles. The predicted molar refractivity (Wildman–Crippen MR) is 129 cm³/mol. The van der Waals surface area contributed by atoms with E-state index in [0.717, 1.165) is 0 Å². The lowest BCUT2D eigenvalue weighted by Crippen LogP contribution is -2.07. The highest BCUT2D eigenvalue weighted by Crippen LogP contribution is 2.42. The fourth-order valence-electron chi connectivity index (χ4n) is 3.93. The highest BCUT2D eigenvalue weighted by molar-refractivity contribution is 6.12. The van der Waals surface area contributed by atoms with Gasteiger partial charge in [-0.2, -0.15) is 0 Å². The van der Waals surface area contributed by atoms with Crippen LogP contribution < -0.4 is 9.47 Å². The van der Waals surface area contributed by atoms with Crippen molar-refractivity contribution < 1.29 is 39.2 Å². The Balaban J connectivity index is 1.98. The maximum Gasteiger partial charge on any atom is 0.341 e. The van der Waals surface area contributed by atoms with Gasteiger partial charge in [-0.05, 0) is 55.8 Å². The molecular weight excluding hydrogens is 468 g/mol. The second-order valence-corrected chi connectivity index (χ2v) is 8.17. The normalized spacial score (nSPS) is 11.0. The molecule has 0 saturated heterocycles. The van der Waals surface area contributed by atoms with Crippen molar-refractivity contribution in [1.82, 2.24) is 9.97 Å². The molecule has 4 N–H and O–H groups in total. The average Bonchev–Trinajstić information content (AvgIpc) is 3.17. The molecule has 10 heteroatoms. The van der Waals surface area contributed by atoms with Crippen LogP contribution in [0.25, 0.3) is 22.0 Å². The number of rotatable bonds is 9. The van der Waals surface area contributed by atoms with E-state index in [-0.39, 0.29) is 39.9 Å². The van der Waals surface area contributed by atoms with Gasteiger partial charge in [0.1, 0.15) is 17.1 Å². The van der Waals surface area contributed by atoms with Crippen molar-refractivity contribution >= 4 is 28.8 Å². The Kier molecular flexibility index (Phi) is 6.60. The van der Waals surface area contributed by atoms with Gasteiger partial charge < -0.3 is 29.8 Å². The number of pyridine rings is 1. The first-order valence-electron chi connectivity index (χ1n) is 10.9. The van der Waals surface area contributed by atoms with Crippen molar-refractivity contribution in [3.05, 3.63) is 71.5 Å². The molecule has 0 fully saturated rings. The molecule has 36 heavy (non-hydrogen) atoms. The standard InChI is InChI=1S/C26H22N2O8/c1-13(2)35-15-7-5-14(6-8-15)21-19(36-24-16(25(31)32)4-3-11-27-24)10-9-17-22(21)23(26(33)34)18(28-17)12-20(29)30/h3-11,13,28H,12H2,1-2H3,(H,29,30)(H,31,32)(H,33,34). The first kappa shape index (κ1) is 24.3. The lowest BCUT2D eigenvalue weighted by atomic mass is 9.96. The number of hydrogen-bond donors (Lipinski definition) is 4. The number of nitrogens with one attached hydrogen (secondary N) is 1. The lowest BCUT2D eigenvalue weighted by Gasteiger charge is -2.15. The molecule has 4 aromatic rings. The zero-order valence-electron chi connectivity index (χ0n) is 19.3. The van der Waals surface area contributed by atoms with Crippen molar-refractivity contribution in [2.45, 2.75) is 26.4 Å². The summed E-state index contributed by atoms with van der Waals surface area (Å²) >= 11 is 0. The van der Waals surface area contributed by atoms with Gasteiger partial charge >= 0.3 is 17.9 Å². The maximum absolute atomic E-state index is 12.3. The van der Waals surface area contributed by atoms with Gasteiger partial charge in [-0.1, -0.05) is 12.1 Å². The van der Waals surface area contributed by atoms with Gasteiger partial charge in [0.2, 0.25) is 5.88 Å². The van der Waals surface area contributed by atoms with Crippen LogP contribution in [0, 0.1) is 0 Å². The van der Waals surface area contributed by atoms with Crippen molar-refractivity contribution in [1.29, 1.82) is 0 Å². The molecule has 0 radical (unpaired) electrons. The number of hydrogen-bond acceptors (Lipinski definition) is 6. The molecule has 0 atom stereocenters. The molecule has 0 aliphatic heterocycles. The van der Waals surface area contributed by atoms with Crippen LogP contribution >= 0.6 is 0 Å². The van der Waals surface area contributed by atoms with E-state index in [4.69, 9.17) is 9.47 Å². The van der Waals surface area contributed by atoms with Crippen molar-refractivity contribution in [3.8, 4) is 28.5 Å². The van der Waals surface area contributed by atoms with Crippen LogP contribution in [-0.4, -0.2) is 49.3 Å². The van der Waals surface area contributed by atoms with Gasteiger partial charge in [0, 0.05) is 28.4 Å². The summed E-state index contributed by atoms with van der Waals surface area (Å²) in [5.74, 6) is -3.20. The van der Waals surface area contributed by atoms with E-state index in [1.807, 2.05) is 13.8 Å². The van der Waals surface area contributed by atoms with Crippen LogP contribution in [0.15, 0.2) is 54.7 Å². The topological polar surface area (TPSA) is 159 Å². The minimum Gasteiger partial charge on any atom is -0.491 e. The molecule has 0 aliphatic rings. The highest BCUT2D eigenvalue weighted by Gasteiger charge is 2.26. The van der Waals surface area contributed by atoms with Crippen LogP contribution in [0.3, 0.4) is 0 Å². The van der Waals surface area contributed by atoms with E-state index in [0.29, 0.717) is 22.4 Å². The number of benzene rings is 2. The van der Waals surface area contributed by atoms with Gasteiger partial charge in [-0.15, -0.1) is 0 Å². The minimum absolute atomic E-state index is 0.0206. The van der Waals surface area contributed by atoms with Crippen LogP contribution in [0.5, 0.6) is 17.4 Å². The van der Waals surface area contributed by atoms with Crippen molar-refractivity contribution in [2.24, 2.45) is 0 Å². The molecule has 0 bridgehead atoms. The first-order chi connectivity index (χ1) is 17.2. The number of carboxylic acid groups (broad SMARTS) is 3. The molecule has 0 amide bonds. The van der Waals surface area contributed by atoms with E-state index in [1.54, 1.807) is 36.4 Å². The molecule has 2 aromatic heterocycles. The number of carbonyl (C=O) groups is 3. The SMILES string of the molecule is CC(C)Oc1ccc(-c2c(Oc3ncccc3C(=O)O)ccc3[nH]c(CC(=O)O)c(C(=O)O)c23)cc1. The summed E-state index contributed by atoms with van der Waals surface area (Å²) in [6.07, 6.45) is 0.789. The van der Waals surface area contributed by atoms with Gasteiger partial charge in [-0.3, -0.25) is 4.79 Å². The molecule has 4 rings (SSSR count). The fourth-order valence-corrected chi connectivity index (χ4v) is 3.93. The van der Waals surface area contributed by atoms with Crippen molar-refractivity contribution in [3.63, 3.8) is 0 Å². The Morgan fingerprint density at radius 1 is 0.972 bits per heavy atom. The van der Waals surface area contributed by atoms with Gasteiger partial charge in [0.25, 0.3) is 0 Å². The van der Waals surface area contributed by atoms with Crippen LogP contribution in [0.4, 0.5) is 0 Å². The number of aromatic nitrogens is 2. The number of aromatic amines is 1. The third-order valence-corrected chi connectivity index (χ3v) is 5.27. The highest BCUT2D eigenvalue weighted by atomic mass is 16.5. The summed E-state index contributed by atoms with van der Waals surface area (Å²) in [5.41, 5.74) is 0.886. The summed E-state index contributed by atoms with van der Waals surface area (Å²) in [4.78, 5) is 42.3. The summed E-state index contributed by atoms with van der Waals surface area (Å²) in [5, 5.41) is 29.1. The quantitative estimate of drug-likeness (QED) is 0.258. The molecule has 10 nitrogen and oxygen atoms in total. The van der Waals surface area contributed by atoms with Gasteiger partial charge in [0.15, 0.2) is 0 Å². The van der Waals surface area contributed by atoms with Crippen LogP contribution in [0.1, 0.15) is 40.3 Å². The Bertz CT molecular complexity index is 1470. The summed E-state index contributed by atoms with van der Waals surface area (Å²) < 4.78 is 11.6. The van der Waals surface area contributed by atoms with E-state index in [1.165, 1.54) is 18.3 Å². The Morgan fingerprint density at radius 3 is 2.31 bits per heavy atom. The van der Waals surface area contributed by atoms with E-state index in [9.17, 15) is 29.7 Å². The summed E-state index contributed by atoms with van der Waals surface area (Å²) in [7, 11) is 0. The predicted octanol–water partition coefficient (Wildman–Crippen LogP) is 4.83. The third-order valence-electron chi connectivity index (χ3n) is 5.27. The minimum atomic E-state index is -1.32. The van der Waals surface area contributed by atoms with E-state index in [2.05, 4.69) is 9.97 Å². The Hall–Kier alpha value is -4.86. The summed E-state index contributed by atoms with van der Waals surface area (Å²) in [6, 6.07) is 12.7. The molecular formula is C26H22N2O8. The molecule has 184 valence electrons. The van der Waals surface area contributed by atoms with Gasteiger partial charge in [-0.25, -0.2) is 14.6 Å². The molecule has 0 spiro atoms. The second-order valence-electron chi connectivity index (χ2n) is 8.17. The first-order valence-corrected chi connectivity index (χ1v) is 10.9. The summed E-state index contributed by atoms with van der Waals surface area (Å²) in [6.45, 7) is 3.77. The zero-order chi connectivity index (χ0) is 26.0. The lowest BCUT2D eigenvalue weighted by molar-refractivity contribution is -0.136. The smallest absolute Gasteiger partial charge is 0.341 e. The molecule has 0 unspecified atom stereocenters. The molecule has 2 heterocycles. The Morgan fingerprint density at radius 2 is 1.69 bits per heavy atom. The largest absolute Gasteiger partial charge is 0.491 e. The van der Waals surface area contributed by atoms with Crippen LogP contribution in [-0.2, 0) is 11.2 Å². The van der Waals surface area contributed by atoms with Crippen LogP contribution in [0.2, 0.25) is 0 Å². The van der Waals surface area contributed by atoms with Crippen molar-refractivity contribution in [2.75, 3.05) is 0 Å². The number of ether oxygens (including phenoxy) is 2. The van der Waals surface area contributed by atoms with Gasteiger partial charge in [0.05, 0.1) is 18.1 Å². The monoisotopic (exact) mass is 490 g/mol. The third kappa shape index (κ3) is 4.83. The number of aromatic carboxylic acids is 2. The number of nitrogens with zero attached hydrogens (tertiary/aromatic N) is 1. The second kappa shape index (κ2) is 9.79. The van der Waals surface area contributed by atoms with E-state index >= 15 is 0 Å². The number of carboxylic acids is 3. The number of H-pyrrole nitrogens is 1. The zero-order valence-corrected chi connectivity index (χ0v) is 19.3. The molecule has 2 aromatic carbocycles. The Labute approximate surface area is 204 Å².